The Hall–Kier alpha value is -1.46. The van der Waals surface area contributed by atoms with Crippen LogP contribution in [-0.4, -0.2) is 36.0 Å². The molecule has 6 heteroatoms. The highest BCUT2D eigenvalue weighted by atomic mass is 16.6. The quantitative estimate of drug-likeness (QED) is 0.696. The van der Waals surface area contributed by atoms with E-state index in [1.807, 2.05) is 41.5 Å². The van der Waals surface area contributed by atoms with Gasteiger partial charge >= 0.3 is 12.2 Å². The van der Waals surface area contributed by atoms with Gasteiger partial charge in [0.1, 0.15) is 11.2 Å². The highest BCUT2D eigenvalue weighted by Crippen LogP contribution is 2.26. The monoisotopic (exact) mass is 358 g/mol. The van der Waals surface area contributed by atoms with Crippen LogP contribution in [0.4, 0.5) is 9.59 Å². The molecule has 0 aliphatic rings. The van der Waals surface area contributed by atoms with Crippen molar-refractivity contribution in [3.63, 3.8) is 0 Å². The van der Waals surface area contributed by atoms with E-state index in [-0.39, 0.29) is 11.5 Å². The van der Waals surface area contributed by atoms with Crippen LogP contribution in [0.25, 0.3) is 0 Å². The molecular formula is C19H38N2O4. The number of carbonyl (C=O) groups is 2. The second-order valence-corrected chi connectivity index (χ2v) is 9.28. The third kappa shape index (κ3) is 13.5. The zero-order chi connectivity index (χ0) is 19.9. The lowest BCUT2D eigenvalue weighted by molar-refractivity contribution is 0.0457. The zero-order valence-corrected chi connectivity index (χ0v) is 17.5. The minimum Gasteiger partial charge on any atom is -0.444 e. The molecule has 0 aromatic heterocycles. The van der Waals surface area contributed by atoms with Gasteiger partial charge in [0.15, 0.2) is 0 Å². The zero-order valence-electron chi connectivity index (χ0n) is 17.5. The van der Waals surface area contributed by atoms with Crippen LogP contribution in [0.3, 0.4) is 0 Å². The second kappa shape index (κ2) is 9.30. The molecule has 0 radical (unpaired) electrons. The van der Waals surface area contributed by atoms with Gasteiger partial charge in [-0.15, -0.1) is 0 Å². The van der Waals surface area contributed by atoms with Gasteiger partial charge in [-0.3, -0.25) is 0 Å². The molecule has 0 fully saturated rings. The molecule has 0 aliphatic heterocycles. The molecule has 0 saturated carbocycles. The Kier molecular flexibility index (Phi) is 8.75. The van der Waals surface area contributed by atoms with Gasteiger partial charge in [0.05, 0.1) is 0 Å². The van der Waals surface area contributed by atoms with Crippen molar-refractivity contribution >= 4 is 12.2 Å². The minimum absolute atomic E-state index is 0.180. The summed E-state index contributed by atoms with van der Waals surface area (Å²) >= 11 is 0. The van der Waals surface area contributed by atoms with Crippen LogP contribution in [-0.2, 0) is 9.47 Å². The largest absolute Gasteiger partial charge is 0.444 e. The van der Waals surface area contributed by atoms with Gasteiger partial charge in [-0.05, 0) is 59.8 Å². The van der Waals surface area contributed by atoms with Gasteiger partial charge in [-0.25, -0.2) is 9.59 Å². The van der Waals surface area contributed by atoms with E-state index in [0.29, 0.717) is 6.54 Å². The molecule has 0 spiro atoms. The lowest BCUT2D eigenvalue weighted by Crippen LogP contribution is -2.46. The number of carbonyl (C=O) groups excluding carboxylic acids is 2. The van der Waals surface area contributed by atoms with Crippen molar-refractivity contribution < 1.29 is 19.1 Å². The lowest BCUT2D eigenvalue weighted by Gasteiger charge is -2.28. The van der Waals surface area contributed by atoms with Crippen molar-refractivity contribution in [1.29, 1.82) is 0 Å². The molecule has 148 valence electrons. The van der Waals surface area contributed by atoms with Crippen molar-refractivity contribution in [2.24, 2.45) is 5.41 Å². The summed E-state index contributed by atoms with van der Waals surface area (Å²) in [6.07, 6.45) is 1.76. The summed E-state index contributed by atoms with van der Waals surface area (Å²) in [5, 5.41) is 5.59. The van der Waals surface area contributed by atoms with Crippen molar-refractivity contribution in [1.82, 2.24) is 10.6 Å². The first kappa shape index (κ1) is 23.5. The minimum atomic E-state index is -0.560. The maximum atomic E-state index is 12.1. The number of amides is 2. The average molecular weight is 359 g/mol. The Balaban J connectivity index is 4.72. The number of nitrogens with one attached hydrogen (secondary N) is 2. The molecule has 0 aromatic rings. The molecule has 6 nitrogen and oxygen atoms in total. The van der Waals surface area contributed by atoms with Crippen LogP contribution >= 0.6 is 0 Å². The van der Waals surface area contributed by atoms with Gasteiger partial charge in [0.2, 0.25) is 0 Å². The molecule has 2 N–H and O–H groups in total. The van der Waals surface area contributed by atoms with Crippen molar-refractivity contribution in [3.05, 3.63) is 0 Å². The molecule has 0 bridgehead atoms. The number of hydrogen-bond donors (Lipinski definition) is 2. The van der Waals surface area contributed by atoms with E-state index in [0.717, 1.165) is 19.3 Å². The van der Waals surface area contributed by atoms with Crippen LogP contribution in [0, 0.1) is 5.41 Å². The molecule has 1 unspecified atom stereocenters. The van der Waals surface area contributed by atoms with E-state index in [4.69, 9.17) is 9.47 Å². The molecule has 0 rings (SSSR count). The summed E-state index contributed by atoms with van der Waals surface area (Å²) in [6, 6.07) is -0.215. The molecule has 2 amide bonds. The maximum absolute atomic E-state index is 12.1. The first-order valence-electron chi connectivity index (χ1n) is 9.10. The van der Waals surface area contributed by atoms with Crippen molar-refractivity contribution in [3.8, 4) is 0 Å². The van der Waals surface area contributed by atoms with Crippen LogP contribution in [0.5, 0.6) is 0 Å². The number of hydrogen-bond acceptors (Lipinski definition) is 4. The van der Waals surface area contributed by atoms with Crippen LogP contribution in [0.1, 0.15) is 81.6 Å². The SMILES string of the molecule is CCC(C)(C)CCC(CNC(=O)OC(C)(C)C)NC(=O)OC(C)(C)C. The molecule has 0 aromatic carbocycles. The van der Waals surface area contributed by atoms with Crippen molar-refractivity contribution in [2.45, 2.75) is 98.8 Å². The number of ether oxygens (including phenoxy) is 2. The standard InChI is InChI=1S/C19H38N2O4/c1-10-19(8,9)12-11-14(21-16(23)25-18(5,6)7)13-20-15(22)24-17(2,3)4/h14H,10-13H2,1-9H3,(H,20,22)(H,21,23). The Bertz CT molecular complexity index is 434. The molecule has 0 saturated heterocycles. The predicted molar refractivity (Wildman–Crippen MR) is 101 cm³/mol. The Morgan fingerprint density at radius 3 is 1.80 bits per heavy atom. The third-order valence-electron chi connectivity index (χ3n) is 3.74. The first-order chi connectivity index (χ1) is 11.1. The maximum Gasteiger partial charge on any atom is 0.407 e. The van der Waals surface area contributed by atoms with Crippen LogP contribution in [0.15, 0.2) is 0 Å². The summed E-state index contributed by atoms with van der Waals surface area (Å²) in [5.41, 5.74) is -0.932. The predicted octanol–water partition coefficient (Wildman–Crippen LogP) is 4.62. The summed E-state index contributed by atoms with van der Waals surface area (Å²) in [7, 11) is 0. The summed E-state index contributed by atoms with van der Waals surface area (Å²) in [4.78, 5) is 23.9. The highest BCUT2D eigenvalue weighted by molar-refractivity contribution is 5.69. The van der Waals surface area contributed by atoms with Gasteiger partial charge in [-0.2, -0.15) is 0 Å². The van der Waals surface area contributed by atoms with Crippen LogP contribution in [0.2, 0.25) is 0 Å². The smallest absolute Gasteiger partial charge is 0.407 e. The molecule has 25 heavy (non-hydrogen) atoms. The van der Waals surface area contributed by atoms with E-state index in [9.17, 15) is 9.59 Å². The van der Waals surface area contributed by atoms with Crippen LogP contribution < -0.4 is 10.6 Å². The number of alkyl carbamates (subject to hydrolysis) is 2. The first-order valence-corrected chi connectivity index (χ1v) is 9.10. The lowest BCUT2D eigenvalue weighted by atomic mass is 9.84. The Morgan fingerprint density at radius 1 is 0.880 bits per heavy atom. The highest BCUT2D eigenvalue weighted by Gasteiger charge is 2.24. The summed E-state index contributed by atoms with van der Waals surface area (Å²) < 4.78 is 10.6. The average Bonchev–Trinajstić information content (AvgIpc) is 2.38. The number of rotatable bonds is 7. The molecule has 1 atom stereocenters. The summed E-state index contributed by atoms with van der Waals surface area (Å²) in [5.74, 6) is 0. The fourth-order valence-corrected chi connectivity index (χ4v) is 1.96. The fourth-order valence-electron chi connectivity index (χ4n) is 1.96. The van der Waals surface area contributed by atoms with E-state index in [1.165, 1.54) is 0 Å². The third-order valence-corrected chi connectivity index (χ3v) is 3.74. The van der Waals surface area contributed by atoms with Gasteiger partial charge in [0.25, 0.3) is 0 Å². The normalized spacial score (nSPS) is 13.8. The Morgan fingerprint density at radius 2 is 1.36 bits per heavy atom. The Labute approximate surface area is 153 Å². The topological polar surface area (TPSA) is 76.7 Å². The summed E-state index contributed by atoms with van der Waals surface area (Å²) in [6.45, 7) is 17.7. The molecule has 0 heterocycles. The van der Waals surface area contributed by atoms with E-state index in [1.54, 1.807) is 0 Å². The van der Waals surface area contributed by atoms with Gasteiger partial charge < -0.3 is 20.1 Å². The molecular weight excluding hydrogens is 320 g/mol. The second-order valence-electron chi connectivity index (χ2n) is 9.28. The van der Waals surface area contributed by atoms with E-state index >= 15 is 0 Å². The molecule has 0 aliphatic carbocycles. The van der Waals surface area contributed by atoms with E-state index < -0.39 is 23.4 Å². The van der Waals surface area contributed by atoms with Gasteiger partial charge in [0, 0.05) is 12.6 Å². The van der Waals surface area contributed by atoms with E-state index in [2.05, 4.69) is 31.4 Å². The van der Waals surface area contributed by atoms with Crippen molar-refractivity contribution in [2.75, 3.05) is 6.54 Å². The fraction of sp³-hybridized carbons (Fsp3) is 0.895. The van der Waals surface area contributed by atoms with Gasteiger partial charge in [-0.1, -0.05) is 27.2 Å².